The summed E-state index contributed by atoms with van der Waals surface area (Å²) in [6, 6.07) is 8.37. The molecule has 0 radical (unpaired) electrons. The number of para-hydroxylation sites is 1. The van der Waals surface area contributed by atoms with E-state index >= 15 is 0 Å². The predicted octanol–water partition coefficient (Wildman–Crippen LogP) is 2.75. The van der Waals surface area contributed by atoms with Crippen LogP contribution in [0, 0.1) is 13.8 Å². The fourth-order valence-electron chi connectivity index (χ4n) is 3.67. The van der Waals surface area contributed by atoms with Gasteiger partial charge in [-0.25, -0.2) is 14.8 Å². The molecular weight excluding hydrogens is 358 g/mol. The Bertz CT molecular complexity index is 1100. The number of rotatable bonds is 4. The van der Waals surface area contributed by atoms with Crippen LogP contribution in [0.2, 0.25) is 0 Å². The van der Waals surface area contributed by atoms with Crippen molar-refractivity contribution in [2.24, 2.45) is 0 Å². The van der Waals surface area contributed by atoms with E-state index in [1.54, 1.807) is 30.5 Å². The number of carbonyl (C=O) groups is 2. The summed E-state index contributed by atoms with van der Waals surface area (Å²) in [5, 5.41) is 15.2. The van der Waals surface area contributed by atoms with Crippen LogP contribution in [0.3, 0.4) is 0 Å². The van der Waals surface area contributed by atoms with Gasteiger partial charge in [-0.15, -0.1) is 0 Å². The van der Waals surface area contributed by atoms with Crippen LogP contribution in [0.25, 0.3) is 11.3 Å². The second-order valence-corrected chi connectivity index (χ2v) is 6.58. The van der Waals surface area contributed by atoms with E-state index in [-0.39, 0.29) is 11.5 Å². The van der Waals surface area contributed by atoms with E-state index in [0.717, 1.165) is 23.4 Å². The molecule has 1 amide bonds. The van der Waals surface area contributed by atoms with Gasteiger partial charge in [0.1, 0.15) is 5.69 Å². The third-order valence-corrected chi connectivity index (χ3v) is 4.92. The van der Waals surface area contributed by atoms with E-state index in [2.05, 4.69) is 20.6 Å². The highest BCUT2D eigenvalue weighted by atomic mass is 16.4. The molecule has 2 aromatic heterocycles. The summed E-state index contributed by atoms with van der Waals surface area (Å²) < 4.78 is 2.01. The smallest absolute Gasteiger partial charge is 0.337 e. The van der Waals surface area contributed by atoms with Crippen LogP contribution in [0.15, 0.2) is 36.5 Å². The van der Waals surface area contributed by atoms with Crippen molar-refractivity contribution in [2.45, 2.75) is 20.4 Å². The predicted molar refractivity (Wildman–Crippen MR) is 104 cm³/mol. The number of nitrogens with zero attached hydrogens (tertiary/aromatic N) is 3. The number of hydrogen-bond acceptors (Lipinski definition) is 5. The van der Waals surface area contributed by atoms with Crippen molar-refractivity contribution in [3.05, 3.63) is 59.0 Å². The fraction of sp³-hybridized carbons (Fsp3) is 0.200. The van der Waals surface area contributed by atoms with Gasteiger partial charge in [0.05, 0.1) is 16.9 Å². The Balaban J connectivity index is 1.75. The van der Waals surface area contributed by atoms with Crippen molar-refractivity contribution in [2.75, 3.05) is 11.9 Å². The molecule has 0 spiro atoms. The Kier molecular flexibility index (Phi) is 4.31. The number of carboxylic acids is 1. The molecule has 0 saturated heterocycles. The third-order valence-electron chi connectivity index (χ3n) is 4.92. The first-order valence-electron chi connectivity index (χ1n) is 8.88. The number of fused-ring (bicyclic) bond motifs is 1. The molecular formula is C20H19N5O3. The molecule has 8 heteroatoms. The Labute approximate surface area is 161 Å². The molecule has 1 aromatic carbocycles. The zero-order valence-corrected chi connectivity index (χ0v) is 15.5. The molecule has 28 heavy (non-hydrogen) atoms. The van der Waals surface area contributed by atoms with E-state index in [9.17, 15) is 14.7 Å². The molecule has 0 fully saturated rings. The highest BCUT2D eigenvalue weighted by molar-refractivity contribution is 5.97. The van der Waals surface area contributed by atoms with Crippen LogP contribution in [0.1, 0.15) is 32.1 Å². The maximum absolute atomic E-state index is 12.3. The molecule has 3 heterocycles. The minimum absolute atomic E-state index is 0.0825. The van der Waals surface area contributed by atoms with E-state index in [1.165, 1.54) is 6.07 Å². The normalized spacial score (nSPS) is 13.0. The molecule has 4 rings (SSSR count). The summed E-state index contributed by atoms with van der Waals surface area (Å²) in [5.74, 6) is -0.823. The van der Waals surface area contributed by atoms with Crippen molar-refractivity contribution >= 4 is 23.5 Å². The van der Waals surface area contributed by atoms with E-state index in [1.807, 2.05) is 18.4 Å². The van der Waals surface area contributed by atoms with Crippen LogP contribution in [0.5, 0.6) is 0 Å². The van der Waals surface area contributed by atoms with Gasteiger partial charge in [-0.1, -0.05) is 12.1 Å². The maximum atomic E-state index is 12.3. The quantitative estimate of drug-likeness (QED) is 0.645. The molecule has 0 unspecified atom stereocenters. The van der Waals surface area contributed by atoms with Crippen LogP contribution in [0.4, 0.5) is 11.6 Å². The average Bonchev–Trinajstić information content (AvgIpc) is 2.94. The summed E-state index contributed by atoms with van der Waals surface area (Å²) in [7, 11) is 0. The summed E-state index contributed by atoms with van der Waals surface area (Å²) >= 11 is 0. The lowest BCUT2D eigenvalue weighted by Gasteiger charge is -2.17. The zero-order valence-electron chi connectivity index (χ0n) is 15.5. The average molecular weight is 377 g/mol. The summed E-state index contributed by atoms with van der Waals surface area (Å²) in [4.78, 5) is 32.5. The molecule has 1 aliphatic heterocycles. The first kappa shape index (κ1) is 17.7. The number of anilines is 2. The molecule has 0 atom stereocenters. The van der Waals surface area contributed by atoms with Gasteiger partial charge in [-0.05, 0) is 37.6 Å². The molecule has 142 valence electrons. The van der Waals surface area contributed by atoms with Crippen LogP contribution in [-0.2, 0) is 6.54 Å². The fourth-order valence-corrected chi connectivity index (χ4v) is 3.67. The number of aromatic nitrogens is 3. The number of benzene rings is 1. The first-order chi connectivity index (χ1) is 13.5. The highest BCUT2D eigenvalue weighted by Crippen LogP contribution is 2.32. The van der Waals surface area contributed by atoms with Gasteiger partial charge >= 0.3 is 5.97 Å². The standard InChI is InChI=1S/C20H19N5O3/c1-11-16(12(2)25-10-9-21-18(26)17(11)25)15-7-8-22-20(24-15)23-14-6-4-3-5-13(14)19(27)28/h3-8H,9-10H2,1-2H3,(H,21,26)(H,27,28)(H,22,23,24). The van der Waals surface area contributed by atoms with Gasteiger partial charge < -0.3 is 20.3 Å². The summed E-state index contributed by atoms with van der Waals surface area (Å²) in [5.41, 5.74) is 4.61. The van der Waals surface area contributed by atoms with Gasteiger partial charge in [0.25, 0.3) is 5.91 Å². The second-order valence-electron chi connectivity index (χ2n) is 6.58. The minimum Gasteiger partial charge on any atom is -0.478 e. The molecule has 3 N–H and O–H groups in total. The lowest BCUT2D eigenvalue weighted by atomic mass is 10.1. The second kappa shape index (κ2) is 6.80. The number of carboxylic acid groups (broad SMARTS) is 1. The molecule has 1 aliphatic rings. The third kappa shape index (κ3) is 2.88. The van der Waals surface area contributed by atoms with Gasteiger partial charge in [-0.2, -0.15) is 0 Å². The summed E-state index contributed by atoms with van der Waals surface area (Å²) in [6.45, 7) is 5.20. The minimum atomic E-state index is -1.03. The monoisotopic (exact) mass is 377 g/mol. The number of amides is 1. The van der Waals surface area contributed by atoms with Gasteiger partial charge in [0, 0.05) is 30.5 Å². The van der Waals surface area contributed by atoms with Crippen LogP contribution in [-0.4, -0.2) is 38.1 Å². The number of aromatic carboxylic acids is 1. The molecule has 8 nitrogen and oxygen atoms in total. The van der Waals surface area contributed by atoms with Crippen molar-refractivity contribution in [3.8, 4) is 11.3 Å². The largest absolute Gasteiger partial charge is 0.478 e. The lowest BCUT2D eigenvalue weighted by Crippen LogP contribution is -2.35. The van der Waals surface area contributed by atoms with Gasteiger partial charge in [-0.3, -0.25) is 4.79 Å². The van der Waals surface area contributed by atoms with Crippen molar-refractivity contribution in [3.63, 3.8) is 0 Å². The summed E-state index contributed by atoms with van der Waals surface area (Å²) in [6.07, 6.45) is 1.61. The van der Waals surface area contributed by atoms with Crippen LogP contribution < -0.4 is 10.6 Å². The van der Waals surface area contributed by atoms with E-state index in [4.69, 9.17) is 0 Å². The molecule has 0 bridgehead atoms. The first-order valence-corrected chi connectivity index (χ1v) is 8.88. The molecule has 3 aromatic rings. The van der Waals surface area contributed by atoms with E-state index < -0.39 is 5.97 Å². The van der Waals surface area contributed by atoms with Crippen molar-refractivity contribution in [1.29, 1.82) is 0 Å². The molecule has 0 aliphatic carbocycles. The highest BCUT2D eigenvalue weighted by Gasteiger charge is 2.26. The number of hydrogen-bond donors (Lipinski definition) is 3. The topological polar surface area (TPSA) is 109 Å². The maximum Gasteiger partial charge on any atom is 0.337 e. The van der Waals surface area contributed by atoms with Crippen LogP contribution >= 0.6 is 0 Å². The van der Waals surface area contributed by atoms with Gasteiger partial charge in [0.15, 0.2) is 0 Å². The van der Waals surface area contributed by atoms with E-state index in [0.29, 0.717) is 29.6 Å². The molecule has 0 saturated carbocycles. The zero-order chi connectivity index (χ0) is 19.8. The number of nitrogens with one attached hydrogen (secondary N) is 2. The van der Waals surface area contributed by atoms with Crippen molar-refractivity contribution in [1.82, 2.24) is 19.9 Å². The Morgan fingerprint density at radius 1 is 1.25 bits per heavy atom. The Hall–Kier alpha value is -3.68. The Morgan fingerprint density at radius 2 is 2.04 bits per heavy atom. The van der Waals surface area contributed by atoms with Crippen molar-refractivity contribution < 1.29 is 14.7 Å². The SMILES string of the molecule is Cc1c(-c2ccnc(Nc3ccccc3C(=O)O)n2)c(C)n2c1C(=O)NCC2. The Morgan fingerprint density at radius 3 is 2.79 bits per heavy atom. The number of carbonyl (C=O) groups excluding carboxylic acids is 1. The van der Waals surface area contributed by atoms with Gasteiger partial charge in [0.2, 0.25) is 5.95 Å². The lowest BCUT2D eigenvalue weighted by molar-refractivity contribution is 0.0697.